The van der Waals surface area contributed by atoms with Crippen molar-refractivity contribution in [1.82, 2.24) is 5.32 Å². The maximum absolute atomic E-state index is 11.9. The highest BCUT2D eigenvalue weighted by Gasteiger charge is 2.29. The number of fused-ring (bicyclic) bond motifs is 1. The summed E-state index contributed by atoms with van der Waals surface area (Å²) in [5, 5.41) is 4.23. The predicted octanol–water partition coefficient (Wildman–Crippen LogP) is 2.89. The van der Waals surface area contributed by atoms with Crippen molar-refractivity contribution in [3.05, 3.63) is 36.1 Å². The fraction of sp³-hybridized carbons (Fsp3) is 0.400. The Kier molecular flexibility index (Phi) is 4.22. The lowest BCUT2D eigenvalue weighted by molar-refractivity contribution is -0.146. The maximum Gasteiger partial charge on any atom is 0.310 e. The fourth-order valence-corrected chi connectivity index (χ4v) is 2.50. The number of esters is 1. The normalized spacial score (nSPS) is 14.3. The molecule has 2 aromatic rings. The highest BCUT2D eigenvalue weighted by atomic mass is 16.5. The quantitative estimate of drug-likeness (QED) is 0.841. The van der Waals surface area contributed by atoms with Crippen LogP contribution in [0.3, 0.4) is 0 Å². The Labute approximate surface area is 112 Å². The van der Waals surface area contributed by atoms with E-state index in [0.717, 1.165) is 16.5 Å². The minimum absolute atomic E-state index is 0.110. The number of carbonyl (C=O) groups excluding carboxylic acids is 1. The van der Waals surface area contributed by atoms with Crippen LogP contribution in [0.1, 0.15) is 24.9 Å². The number of nitrogens with one attached hydrogen (secondary N) is 1. The largest absolute Gasteiger partial charge is 0.469 e. The van der Waals surface area contributed by atoms with Crippen molar-refractivity contribution in [2.45, 2.75) is 19.4 Å². The van der Waals surface area contributed by atoms with Gasteiger partial charge >= 0.3 is 5.97 Å². The lowest BCUT2D eigenvalue weighted by Gasteiger charge is -2.23. The summed E-state index contributed by atoms with van der Waals surface area (Å²) in [5.41, 5.74) is 1.83. The van der Waals surface area contributed by atoms with E-state index in [0.29, 0.717) is 6.42 Å². The lowest BCUT2D eigenvalue weighted by Crippen LogP contribution is -2.31. The Morgan fingerprint density at radius 3 is 2.79 bits per heavy atom. The summed E-state index contributed by atoms with van der Waals surface area (Å²) in [6.45, 7) is 1.98. The molecule has 19 heavy (non-hydrogen) atoms. The molecule has 2 atom stereocenters. The summed E-state index contributed by atoms with van der Waals surface area (Å²) >= 11 is 0. The molecule has 0 aliphatic rings. The Hall–Kier alpha value is -1.81. The van der Waals surface area contributed by atoms with Gasteiger partial charge < -0.3 is 14.5 Å². The van der Waals surface area contributed by atoms with Crippen molar-refractivity contribution >= 4 is 16.9 Å². The average molecular weight is 261 g/mol. The number of para-hydroxylation sites is 1. The lowest BCUT2D eigenvalue weighted by atomic mass is 9.91. The van der Waals surface area contributed by atoms with Gasteiger partial charge in [0, 0.05) is 17.0 Å². The second kappa shape index (κ2) is 5.89. The SMILES string of the molecule is CCC(C(=O)OC)C(NC)c1coc2ccccc12. The zero-order valence-electron chi connectivity index (χ0n) is 11.5. The molecule has 2 rings (SSSR count). The van der Waals surface area contributed by atoms with Crippen LogP contribution in [0.15, 0.2) is 34.9 Å². The monoisotopic (exact) mass is 261 g/mol. The Bertz CT molecular complexity index is 561. The first-order chi connectivity index (χ1) is 9.22. The molecule has 0 saturated heterocycles. The summed E-state index contributed by atoms with van der Waals surface area (Å²) in [6.07, 6.45) is 2.43. The standard InChI is InChI=1S/C15H19NO3/c1-4-10(15(17)18-3)14(16-2)12-9-19-13-8-6-5-7-11(12)13/h5-10,14,16H,4H2,1-3H3. The number of benzene rings is 1. The van der Waals surface area contributed by atoms with Crippen LogP contribution < -0.4 is 5.32 Å². The molecule has 1 aromatic carbocycles. The van der Waals surface area contributed by atoms with Crippen molar-refractivity contribution in [2.24, 2.45) is 5.92 Å². The van der Waals surface area contributed by atoms with Crippen LogP contribution in [-0.2, 0) is 9.53 Å². The van der Waals surface area contributed by atoms with Crippen molar-refractivity contribution < 1.29 is 13.9 Å². The van der Waals surface area contributed by atoms with Crippen molar-refractivity contribution in [3.8, 4) is 0 Å². The minimum atomic E-state index is -0.226. The van der Waals surface area contributed by atoms with Crippen molar-refractivity contribution in [3.63, 3.8) is 0 Å². The second-order valence-corrected chi connectivity index (χ2v) is 4.49. The molecule has 0 spiro atoms. The van der Waals surface area contributed by atoms with Gasteiger partial charge in [-0.3, -0.25) is 4.79 Å². The van der Waals surface area contributed by atoms with Crippen LogP contribution in [0.2, 0.25) is 0 Å². The highest BCUT2D eigenvalue weighted by Crippen LogP contribution is 2.32. The van der Waals surface area contributed by atoms with Crippen LogP contribution in [-0.4, -0.2) is 20.1 Å². The van der Waals surface area contributed by atoms with E-state index in [1.54, 1.807) is 6.26 Å². The van der Waals surface area contributed by atoms with E-state index in [1.165, 1.54) is 7.11 Å². The molecule has 1 N–H and O–H groups in total. The van der Waals surface area contributed by atoms with Gasteiger partial charge in [-0.2, -0.15) is 0 Å². The summed E-state index contributed by atoms with van der Waals surface area (Å²) in [7, 11) is 3.27. The van der Waals surface area contributed by atoms with Crippen LogP contribution in [0, 0.1) is 5.92 Å². The molecule has 0 aliphatic heterocycles. The van der Waals surface area contributed by atoms with Crippen molar-refractivity contribution in [2.75, 3.05) is 14.2 Å². The van der Waals surface area contributed by atoms with Crippen LogP contribution in [0.5, 0.6) is 0 Å². The van der Waals surface area contributed by atoms with E-state index in [1.807, 2.05) is 38.2 Å². The summed E-state index contributed by atoms with van der Waals surface area (Å²) in [4.78, 5) is 11.9. The molecule has 0 radical (unpaired) electrons. The molecule has 1 heterocycles. The number of carbonyl (C=O) groups is 1. The van der Waals surface area contributed by atoms with Gasteiger partial charge in [0.25, 0.3) is 0 Å². The smallest absolute Gasteiger partial charge is 0.310 e. The fourth-order valence-electron chi connectivity index (χ4n) is 2.50. The van der Waals surface area contributed by atoms with Gasteiger partial charge in [-0.1, -0.05) is 25.1 Å². The first-order valence-electron chi connectivity index (χ1n) is 6.44. The summed E-state index contributed by atoms with van der Waals surface area (Å²) in [5.74, 6) is -0.428. The number of hydrogen-bond acceptors (Lipinski definition) is 4. The van der Waals surface area contributed by atoms with E-state index in [9.17, 15) is 4.79 Å². The highest BCUT2D eigenvalue weighted by molar-refractivity contribution is 5.83. The molecule has 4 heteroatoms. The number of furan rings is 1. The van der Waals surface area contributed by atoms with E-state index in [-0.39, 0.29) is 17.9 Å². The van der Waals surface area contributed by atoms with Crippen LogP contribution in [0.4, 0.5) is 0 Å². The molecule has 0 saturated carbocycles. The van der Waals surface area contributed by atoms with Gasteiger partial charge in [0.1, 0.15) is 5.58 Å². The molecular formula is C15H19NO3. The number of ether oxygens (including phenoxy) is 1. The number of methoxy groups -OCH3 is 1. The van der Waals surface area contributed by atoms with Gasteiger partial charge in [-0.15, -0.1) is 0 Å². The third kappa shape index (κ3) is 2.49. The minimum Gasteiger partial charge on any atom is -0.469 e. The zero-order valence-corrected chi connectivity index (χ0v) is 11.5. The molecule has 2 unspecified atom stereocenters. The first kappa shape index (κ1) is 13.6. The van der Waals surface area contributed by atoms with Gasteiger partial charge in [-0.05, 0) is 19.5 Å². The maximum atomic E-state index is 11.9. The number of hydrogen-bond donors (Lipinski definition) is 1. The molecule has 102 valence electrons. The van der Waals surface area contributed by atoms with E-state index in [4.69, 9.17) is 9.15 Å². The molecule has 1 aromatic heterocycles. The summed E-state index contributed by atoms with van der Waals surface area (Å²) < 4.78 is 10.4. The molecule has 4 nitrogen and oxygen atoms in total. The third-order valence-corrected chi connectivity index (χ3v) is 3.50. The van der Waals surface area contributed by atoms with E-state index >= 15 is 0 Å². The molecule has 0 bridgehead atoms. The van der Waals surface area contributed by atoms with Crippen molar-refractivity contribution in [1.29, 1.82) is 0 Å². The Balaban J connectivity index is 2.43. The summed E-state index contributed by atoms with van der Waals surface area (Å²) in [6, 6.07) is 7.71. The first-order valence-corrected chi connectivity index (χ1v) is 6.44. The average Bonchev–Trinajstić information content (AvgIpc) is 2.87. The van der Waals surface area contributed by atoms with Gasteiger partial charge in [0.05, 0.1) is 19.3 Å². The van der Waals surface area contributed by atoms with Crippen LogP contribution >= 0.6 is 0 Å². The van der Waals surface area contributed by atoms with E-state index < -0.39 is 0 Å². The Morgan fingerprint density at radius 2 is 2.16 bits per heavy atom. The van der Waals surface area contributed by atoms with Gasteiger partial charge in [0.2, 0.25) is 0 Å². The third-order valence-electron chi connectivity index (χ3n) is 3.50. The second-order valence-electron chi connectivity index (χ2n) is 4.49. The van der Waals surface area contributed by atoms with E-state index in [2.05, 4.69) is 5.32 Å². The molecule has 0 amide bonds. The zero-order chi connectivity index (χ0) is 13.8. The van der Waals surface area contributed by atoms with Crippen LogP contribution in [0.25, 0.3) is 11.0 Å². The Morgan fingerprint density at radius 1 is 1.42 bits per heavy atom. The molecule has 0 aliphatic carbocycles. The van der Waals surface area contributed by atoms with Gasteiger partial charge in [-0.25, -0.2) is 0 Å². The molecular weight excluding hydrogens is 242 g/mol. The number of rotatable bonds is 5. The topological polar surface area (TPSA) is 51.5 Å². The van der Waals surface area contributed by atoms with Gasteiger partial charge in [0.15, 0.2) is 0 Å². The predicted molar refractivity (Wildman–Crippen MR) is 73.8 cm³/mol. The molecule has 0 fully saturated rings.